The second-order valence-electron chi connectivity index (χ2n) is 4.42. The molecule has 1 rings (SSSR count). The molecular weight excluding hydrogens is 228 g/mol. The predicted octanol–water partition coefficient (Wildman–Crippen LogP) is 1.64. The molecular formula is C13H26N4O. The van der Waals surface area contributed by atoms with Gasteiger partial charge < -0.3 is 10.1 Å². The van der Waals surface area contributed by atoms with Gasteiger partial charge in [0.15, 0.2) is 0 Å². The molecule has 0 radical (unpaired) electrons. The highest BCUT2D eigenvalue weighted by Crippen LogP contribution is 2.01. The number of hydrogen-bond donors (Lipinski definition) is 1. The molecule has 0 aliphatic heterocycles. The lowest BCUT2D eigenvalue weighted by atomic mass is 10.2. The van der Waals surface area contributed by atoms with E-state index in [1.807, 2.05) is 4.68 Å². The van der Waals surface area contributed by atoms with Gasteiger partial charge in [0.1, 0.15) is 12.2 Å². The first-order chi connectivity index (χ1) is 8.81. The summed E-state index contributed by atoms with van der Waals surface area (Å²) in [7, 11) is 0. The van der Waals surface area contributed by atoms with Gasteiger partial charge in [0.05, 0.1) is 6.61 Å². The van der Waals surface area contributed by atoms with Crippen molar-refractivity contribution in [2.24, 2.45) is 0 Å². The Kier molecular flexibility index (Phi) is 7.60. The quantitative estimate of drug-likeness (QED) is 0.645. The van der Waals surface area contributed by atoms with Crippen LogP contribution in [0.2, 0.25) is 0 Å². The number of aryl methyl sites for hydroxylation is 1. The van der Waals surface area contributed by atoms with Crippen LogP contribution < -0.4 is 5.32 Å². The summed E-state index contributed by atoms with van der Waals surface area (Å²) in [5, 5.41) is 7.71. The summed E-state index contributed by atoms with van der Waals surface area (Å²) in [6, 6.07) is 0.325. The van der Waals surface area contributed by atoms with E-state index in [1.165, 1.54) is 0 Å². The summed E-state index contributed by atoms with van der Waals surface area (Å²) < 4.78 is 7.59. The summed E-state index contributed by atoms with van der Waals surface area (Å²) in [4.78, 5) is 4.32. The molecule has 0 saturated carbocycles. The summed E-state index contributed by atoms with van der Waals surface area (Å²) in [6.07, 6.45) is 4.69. The maximum Gasteiger partial charge on any atom is 0.138 e. The van der Waals surface area contributed by atoms with Gasteiger partial charge in [-0.1, -0.05) is 13.8 Å². The van der Waals surface area contributed by atoms with E-state index in [9.17, 15) is 0 Å². The highest BCUT2D eigenvalue weighted by Gasteiger charge is 2.13. The third kappa shape index (κ3) is 5.14. The minimum Gasteiger partial charge on any atom is -0.380 e. The van der Waals surface area contributed by atoms with E-state index < -0.39 is 0 Å². The molecule has 5 nitrogen and oxygen atoms in total. The van der Waals surface area contributed by atoms with Crippen molar-refractivity contribution in [2.75, 3.05) is 19.8 Å². The maximum absolute atomic E-state index is 5.64. The fourth-order valence-corrected chi connectivity index (χ4v) is 1.84. The Morgan fingerprint density at radius 3 is 2.83 bits per heavy atom. The standard InChI is InChI=1S/C13H26N4O/c1-4-7-14-12(10-18-8-5-2)9-13-15-11-16-17(13)6-3/h11-12,14H,4-10H2,1-3H3. The van der Waals surface area contributed by atoms with Crippen molar-refractivity contribution in [2.45, 2.75) is 52.6 Å². The molecule has 0 spiro atoms. The molecule has 0 saturated heterocycles. The maximum atomic E-state index is 5.64. The van der Waals surface area contributed by atoms with E-state index in [2.05, 4.69) is 36.2 Å². The van der Waals surface area contributed by atoms with Crippen LogP contribution in [-0.4, -0.2) is 40.6 Å². The van der Waals surface area contributed by atoms with E-state index in [4.69, 9.17) is 4.74 Å². The van der Waals surface area contributed by atoms with Crippen LogP contribution in [0.5, 0.6) is 0 Å². The van der Waals surface area contributed by atoms with E-state index in [-0.39, 0.29) is 0 Å². The van der Waals surface area contributed by atoms with Crippen molar-refractivity contribution in [1.82, 2.24) is 20.1 Å². The lowest BCUT2D eigenvalue weighted by Gasteiger charge is -2.18. The molecule has 0 bridgehead atoms. The fourth-order valence-electron chi connectivity index (χ4n) is 1.84. The monoisotopic (exact) mass is 254 g/mol. The molecule has 0 aromatic carbocycles. The lowest BCUT2D eigenvalue weighted by molar-refractivity contribution is 0.111. The first-order valence-corrected chi connectivity index (χ1v) is 6.99. The Morgan fingerprint density at radius 2 is 2.17 bits per heavy atom. The molecule has 1 unspecified atom stereocenters. The Bertz CT molecular complexity index is 314. The summed E-state index contributed by atoms with van der Waals surface area (Å²) in [6.45, 7) is 9.83. The smallest absolute Gasteiger partial charge is 0.138 e. The highest BCUT2D eigenvalue weighted by atomic mass is 16.5. The molecule has 1 aromatic rings. The van der Waals surface area contributed by atoms with Gasteiger partial charge in [0.25, 0.3) is 0 Å². The van der Waals surface area contributed by atoms with E-state index in [0.29, 0.717) is 6.04 Å². The minimum absolute atomic E-state index is 0.325. The first kappa shape index (κ1) is 15.1. The largest absolute Gasteiger partial charge is 0.380 e. The first-order valence-electron chi connectivity index (χ1n) is 6.99. The average molecular weight is 254 g/mol. The average Bonchev–Trinajstić information content (AvgIpc) is 2.83. The summed E-state index contributed by atoms with van der Waals surface area (Å²) in [5.41, 5.74) is 0. The van der Waals surface area contributed by atoms with Crippen LogP contribution >= 0.6 is 0 Å². The minimum atomic E-state index is 0.325. The number of hydrogen-bond acceptors (Lipinski definition) is 4. The molecule has 0 fully saturated rings. The van der Waals surface area contributed by atoms with E-state index >= 15 is 0 Å². The Balaban J connectivity index is 2.48. The van der Waals surface area contributed by atoms with Gasteiger partial charge in [-0.15, -0.1) is 0 Å². The van der Waals surface area contributed by atoms with Gasteiger partial charge in [-0.3, -0.25) is 4.68 Å². The van der Waals surface area contributed by atoms with Crippen LogP contribution in [0.4, 0.5) is 0 Å². The normalized spacial score (nSPS) is 12.8. The molecule has 1 aromatic heterocycles. The van der Waals surface area contributed by atoms with Crippen LogP contribution in [-0.2, 0) is 17.7 Å². The number of rotatable bonds is 10. The van der Waals surface area contributed by atoms with E-state index in [1.54, 1.807) is 6.33 Å². The molecule has 0 aliphatic rings. The van der Waals surface area contributed by atoms with Crippen molar-refractivity contribution in [3.05, 3.63) is 12.2 Å². The van der Waals surface area contributed by atoms with Crippen molar-refractivity contribution in [3.8, 4) is 0 Å². The van der Waals surface area contributed by atoms with Crippen molar-refractivity contribution in [3.63, 3.8) is 0 Å². The molecule has 0 amide bonds. The summed E-state index contributed by atoms with van der Waals surface area (Å²) >= 11 is 0. The van der Waals surface area contributed by atoms with Crippen LogP contribution in [0.25, 0.3) is 0 Å². The van der Waals surface area contributed by atoms with E-state index in [0.717, 1.165) is 51.4 Å². The predicted molar refractivity (Wildman–Crippen MR) is 72.6 cm³/mol. The molecule has 0 aliphatic carbocycles. The second kappa shape index (κ2) is 9.05. The zero-order valence-corrected chi connectivity index (χ0v) is 11.9. The van der Waals surface area contributed by atoms with Crippen LogP contribution in [0, 0.1) is 0 Å². The molecule has 1 atom stereocenters. The van der Waals surface area contributed by atoms with Gasteiger partial charge in [-0.05, 0) is 26.3 Å². The molecule has 1 N–H and O–H groups in total. The lowest BCUT2D eigenvalue weighted by Crippen LogP contribution is -2.37. The molecule has 1 heterocycles. The Hall–Kier alpha value is -0.940. The highest BCUT2D eigenvalue weighted by molar-refractivity contribution is 4.89. The Morgan fingerprint density at radius 1 is 1.33 bits per heavy atom. The van der Waals surface area contributed by atoms with Gasteiger partial charge in [0.2, 0.25) is 0 Å². The Labute approximate surface area is 110 Å². The SMILES string of the molecule is CCCNC(COCCC)Cc1ncnn1CC. The number of nitrogens with zero attached hydrogens (tertiary/aromatic N) is 3. The topological polar surface area (TPSA) is 52.0 Å². The fraction of sp³-hybridized carbons (Fsp3) is 0.846. The van der Waals surface area contributed by atoms with Crippen LogP contribution in [0.15, 0.2) is 6.33 Å². The van der Waals surface area contributed by atoms with Crippen LogP contribution in [0.1, 0.15) is 39.4 Å². The van der Waals surface area contributed by atoms with Crippen molar-refractivity contribution < 1.29 is 4.74 Å². The van der Waals surface area contributed by atoms with Crippen molar-refractivity contribution >= 4 is 0 Å². The van der Waals surface area contributed by atoms with Gasteiger partial charge in [-0.2, -0.15) is 5.10 Å². The van der Waals surface area contributed by atoms with Gasteiger partial charge in [0, 0.05) is 25.6 Å². The molecule has 5 heteroatoms. The summed E-state index contributed by atoms with van der Waals surface area (Å²) in [5.74, 6) is 1.03. The van der Waals surface area contributed by atoms with Crippen molar-refractivity contribution in [1.29, 1.82) is 0 Å². The third-order valence-corrected chi connectivity index (χ3v) is 2.77. The molecule has 104 valence electrons. The third-order valence-electron chi connectivity index (χ3n) is 2.77. The number of nitrogens with one attached hydrogen (secondary N) is 1. The van der Waals surface area contributed by atoms with Crippen LogP contribution in [0.3, 0.4) is 0 Å². The molecule has 18 heavy (non-hydrogen) atoms. The number of ether oxygens (including phenoxy) is 1. The van der Waals surface area contributed by atoms with Gasteiger partial charge >= 0.3 is 0 Å². The zero-order chi connectivity index (χ0) is 13.2. The van der Waals surface area contributed by atoms with Gasteiger partial charge in [-0.25, -0.2) is 4.98 Å². The number of aromatic nitrogens is 3. The zero-order valence-electron chi connectivity index (χ0n) is 11.9. The second-order valence-corrected chi connectivity index (χ2v) is 4.42.